The largest absolute Gasteiger partial charge is 0.399 e. The molecule has 0 saturated heterocycles. The summed E-state index contributed by atoms with van der Waals surface area (Å²) in [5.41, 5.74) is 15.4. The van der Waals surface area contributed by atoms with Gasteiger partial charge in [0, 0.05) is 21.8 Å². The van der Waals surface area contributed by atoms with Gasteiger partial charge in [-0.2, -0.15) is 0 Å². The molecule has 78 valence electrons. The fraction of sp³-hybridized carbons (Fsp3) is 0.167. The molecule has 0 fully saturated rings. The number of rotatable bonds is 2. The second-order valence-electron chi connectivity index (χ2n) is 3.50. The molecule has 0 atom stereocenters. The maximum absolute atomic E-state index is 5.92. The van der Waals surface area contributed by atoms with Crippen LogP contribution >= 0.6 is 11.3 Å². The number of anilines is 2. The summed E-state index contributed by atoms with van der Waals surface area (Å²) >= 11 is 1.76. The Labute approximate surface area is 93.5 Å². The highest BCUT2D eigenvalue weighted by Crippen LogP contribution is 2.31. The number of hydrogen-bond acceptors (Lipinski definition) is 3. The van der Waals surface area contributed by atoms with Crippen LogP contribution in [0.5, 0.6) is 0 Å². The summed E-state index contributed by atoms with van der Waals surface area (Å²) in [5.74, 6) is 0. The van der Waals surface area contributed by atoms with E-state index >= 15 is 0 Å². The van der Waals surface area contributed by atoms with Crippen molar-refractivity contribution in [1.82, 2.24) is 0 Å². The number of hydrogen-bond donors (Lipinski definition) is 2. The molecular weight excluding hydrogens is 204 g/mol. The van der Waals surface area contributed by atoms with E-state index in [-0.39, 0.29) is 0 Å². The molecule has 0 aliphatic rings. The van der Waals surface area contributed by atoms with Gasteiger partial charge in [-0.15, -0.1) is 11.3 Å². The minimum absolute atomic E-state index is 0.753. The van der Waals surface area contributed by atoms with Crippen LogP contribution < -0.4 is 11.5 Å². The Kier molecular flexibility index (Phi) is 2.64. The predicted molar refractivity (Wildman–Crippen MR) is 68.0 cm³/mol. The molecule has 1 heterocycles. The summed E-state index contributed by atoms with van der Waals surface area (Å²) in [6.45, 7) is 2.15. The van der Waals surface area contributed by atoms with Crippen LogP contribution in [-0.4, -0.2) is 0 Å². The molecule has 0 radical (unpaired) electrons. The number of nitrogens with two attached hydrogens (primary N) is 2. The lowest BCUT2D eigenvalue weighted by Gasteiger charge is -2.04. The third kappa shape index (κ3) is 1.97. The van der Waals surface area contributed by atoms with Crippen LogP contribution in [0.4, 0.5) is 11.4 Å². The first kappa shape index (κ1) is 10.1. The van der Waals surface area contributed by atoms with Gasteiger partial charge in [-0.25, -0.2) is 0 Å². The van der Waals surface area contributed by atoms with Crippen LogP contribution in [0, 0.1) is 0 Å². The van der Waals surface area contributed by atoms with Crippen LogP contribution in [0.15, 0.2) is 29.6 Å². The average Bonchev–Trinajstić information content (AvgIpc) is 2.70. The molecule has 4 N–H and O–H groups in total. The highest BCUT2D eigenvalue weighted by molar-refractivity contribution is 7.10. The Bertz CT molecular complexity index is 474. The standard InChI is InChI=1S/C12H14N2S/c1-2-10-5-8(7-15-10)11-6-9(13)3-4-12(11)14/h3-7H,2,13-14H2,1H3. The van der Waals surface area contributed by atoms with Gasteiger partial charge in [0.25, 0.3) is 0 Å². The summed E-state index contributed by atoms with van der Waals surface area (Å²) in [4.78, 5) is 1.37. The highest BCUT2D eigenvalue weighted by atomic mass is 32.1. The molecule has 0 amide bonds. The van der Waals surface area contributed by atoms with Gasteiger partial charge < -0.3 is 11.5 Å². The van der Waals surface area contributed by atoms with E-state index in [9.17, 15) is 0 Å². The van der Waals surface area contributed by atoms with Crippen LogP contribution in [0.25, 0.3) is 11.1 Å². The molecular formula is C12H14N2S. The van der Waals surface area contributed by atoms with E-state index in [4.69, 9.17) is 11.5 Å². The van der Waals surface area contributed by atoms with E-state index in [2.05, 4.69) is 18.4 Å². The van der Waals surface area contributed by atoms with Gasteiger partial charge in [0.1, 0.15) is 0 Å². The molecule has 0 spiro atoms. The van der Waals surface area contributed by atoms with Crippen LogP contribution in [-0.2, 0) is 6.42 Å². The maximum atomic E-state index is 5.92. The molecule has 2 rings (SSSR count). The minimum atomic E-state index is 0.753. The van der Waals surface area contributed by atoms with E-state index in [0.717, 1.165) is 23.4 Å². The lowest BCUT2D eigenvalue weighted by Crippen LogP contribution is -1.91. The molecule has 1 aromatic heterocycles. The Balaban J connectivity index is 2.48. The van der Waals surface area contributed by atoms with Crippen molar-refractivity contribution in [3.8, 4) is 11.1 Å². The Hall–Kier alpha value is -1.48. The van der Waals surface area contributed by atoms with E-state index < -0.39 is 0 Å². The zero-order chi connectivity index (χ0) is 10.8. The van der Waals surface area contributed by atoms with Crippen molar-refractivity contribution in [2.24, 2.45) is 0 Å². The zero-order valence-corrected chi connectivity index (χ0v) is 9.47. The van der Waals surface area contributed by atoms with Gasteiger partial charge in [0.05, 0.1) is 0 Å². The molecule has 2 aromatic rings. The highest BCUT2D eigenvalue weighted by Gasteiger charge is 2.05. The summed E-state index contributed by atoms with van der Waals surface area (Å²) in [7, 11) is 0. The topological polar surface area (TPSA) is 52.0 Å². The second-order valence-corrected chi connectivity index (χ2v) is 4.50. The van der Waals surface area contributed by atoms with Crippen molar-refractivity contribution in [3.05, 3.63) is 34.5 Å². The fourth-order valence-electron chi connectivity index (χ4n) is 1.53. The number of thiophene rings is 1. The molecule has 0 saturated carbocycles. The van der Waals surface area contributed by atoms with Gasteiger partial charge in [0.15, 0.2) is 0 Å². The molecule has 0 unspecified atom stereocenters. The smallest absolute Gasteiger partial charge is 0.0395 e. The third-order valence-electron chi connectivity index (χ3n) is 2.39. The normalized spacial score (nSPS) is 10.5. The van der Waals surface area contributed by atoms with Crippen molar-refractivity contribution in [2.75, 3.05) is 11.5 Å². The molecule has 0 aliphatic carbocycles. The number of nitrogen functional groups attached to an aromatic ring is 2. The van der Waals surface area contributed by atoms with Gasteiger partial charge in [-0.3, -0.25) is 0 Å². The first-order valence-electron chi connectivity index (χ1n) is 4.93. The van der Waals surface area contributed by atoms with E-state index in [1.165, 1.54) is 10.4 Å². The van der Waals surface area contributed by atoms with Crippen molar-refractivity contribution in [1.29, 1.82) is 0 Å². The fourth-order valence-corrected chi connectivity index (χ4v) is 2.37. The van der Waals surface area contributed by atoms with Crippen LogP contribution in [0.3, 0.4) is 0 Å². The summed E-state index contributed by atoms with van der Waals surface area (Å²) < 4.78 is 0. The molecule has 0 aliphatic heterocycles. The van der Waals surface area contributed by atoms with Crippen LogP contribution in [0.1, 0.15) is 11.8 Å². The Morgan fingerprint density at radius 1 is 1.20 bits per heavy atom. The van der Waals surface area contributed by atoms with Crippen molar-refractivity contribution in [2.45, 2.75) is 13.3 Å². The minimum Gasteiger partial charge on any atom is -0.399 e. The lowest BCUT2D eigenvalue weighted by atomic mass is 10.1. The quantitative estimate of drug-likeness (QED) is 0.761. The van der Waals surface area contributed by atoms with Crippen molar-refractivity contribution in [3.63, 3.8) is 0 Å². The average molecular weight is 218 g/mol. The van der Waals surface area contributed by atoms with E-state index in [0.29, 0.717) is 0 Å². The molecule has 15 heavy (non-hydrogen) atoms. The van der Waals surface area contributed by atoms with E-state index in [1.807, 2.05) is 18.2 Å². The first-order valence-corrected chi connectivity index (χ1v) is 5.81. The Morgan fingerprint density at radius 2 is 2.00 bits per heavy atom. The maximum Gasteiger partial charge on any atom is 0.0395 e. The molecule has 0 bridgehead atoms. The molecule has 2 nitrogen and oxygen atoms in total. The second kappa shape index (κ2) is 3.95. The number of aryl methyl sites for hydroxylation is 1. The summed E-state index contributed by atoms with van der Waals surface area (Å²) in [6, 6.07) is 7.78. The summed E-state index contributed by atoms with van der Waals surface area (Å²) in [6.07, 6.45) is 1.06. The van der Waals surface area contributed by atoms with Gasteiger partial charge in [-0.1, -0.05) is 6.92 Å². The zero-order valence-electron chi connectivity index (χ0n) is 8.66. The van der Waals surface area contributed by atoms with E-state index in [1.54, 1.807) is 11.3 Å². The predicted octanol–water partition coefficient (Wildman–Crippen LogP) is 3.14. The molecule has 3 heteroatoms. The molecule has 1 aromatic carbocycles. The monoisotopic (exact) mass is 218 g/mol. The summed E-state index contributed by atoms with van der Waals surface area (Å²) in [5, 5.41) is 2.13. The first-order chi connectivity index (χ1) is 7.20. The SMILES string of the molecule is CCc1cc(-c2cc(N)ccc2N)cs1. The number of benzene rings is 1. The van der Waals surface area contributed by atoms with Gasteiger partial charge in [-0.05, 0) is 41.6 Å². The van der Waals surface area contributed by atoms with Gasteiger partial charge in [0.2, 0.25) is 0 Å². The van der Waals surface area contributed by atoms with Crippen LogP contribution in [0.2, 0.25) is 0 Å². The van der Waals surface area contributed by atoms with Gasteiger partial charge >= 0.3 is 0 Å². The third-order valence-corrected chi connectivity index (χ3v) is 3.47. The van der Waals surface area contributed by atoms with Crippen molar-refractivity contribution < 1.29 is 0 Å². The Morgan fingerprint density at radius 3 is 2.67 bits per heavy atom. The van der Waals surface area contributed by atoms with Crippen molar-refractivity contribution >= 4 is 22.7 Å². The lowest BCUT2D eigenvalue weighted by molar-refractivity contribution is 1.19.